The molecule has 1 aromatic carbocycles. The van der Waals surface area contributed by atoms with Gasteiger partial charge in [-0.05, 0) is 43.4 Å². The summed E-state index contributed by atoms with van der Waals surface area (Å²) in [6.07, 6.45) is 3.56. The monoisotopic (exact) mass is 297 g/mol. The molecular formula is C15H24BrN. The van der Waals surface area contributed by atoms with E-state index in [0.717, 1.165) is 13.0 Å². The van der Waals surface area contributed by atoms with E-state index >= 15 is 0 Å². The van der Waals surface area contributed by atoms with Gasteiger partial charge in [-0.3, -0.25) is 0 Å². The molecule has 0 heterocycles. The van der Waals surface area contributed by atoms with Gasteiger partial charge in [-0.1, -0.05) is 54.9 Å². The van der Waals surface area contributed by atoms with Crippen LogP contribution in [0.2, 0.25) is 0 Å². The van der Waals surface area contributed by atoms with E-state index in [0.29, 0.717) is 12.0 Å². The molecule has 0 aliphatic rings. The van der Waals surface area contributed by atoms with Crippen LogP contribution in [0.15, 0.2) is 28.7 Å². The lowest BCUT2D eigenvalue weighted by Gasteiger charge is -2.22. The van der Waals surface area contributed by atoms with Gasteiger partial charge in [0.2, 0.25) is 0 Å². The first-order chi connectivity index (χ1) is 8.15. The molecule has 0 fully saturated rings. The molecule has 1 unspecified atom stereocenters. The summed E-state index contributed by atoms with van der Waals surface area (Å²) in [6, 6.07) is 9.15. The third kappa shape index (κ3) is 5.22. The summed E-state index contributed by atoms with van der Waals surface area (Å²) in [4.78, 5) is 0. The van der Waals surface area contributed by atoms with Crippen molar-refractivity contribution in [1.82, 2.24) is 5.32 Å². The summed E-state index contributed by atoms with van der Waals surface area (Å²) >= 11 is 3.62. The predicted molar refractivity (Wildman–Crippen MR) is 79.4 cm³/mol. The van der Waals surface area contributed by atoms with Gasteiger partial charge in [0.25, 0.3) is 0 Å². The number of nitrogens with one attached hydrogen (secondary N) is 1. The van der Waals surface area contributed by atoms with Crippen LogP contribution in [0.3, 0.4) is 0 Å². The van der Waals surface area contributed by atoms with Gasteiger partial charge in [0, 0.05) is 10.5 Å². The van der Waals surface area contributed by atoms with Crippen molar-refractivity contribution in [1.29, 1.82) is 0 Å². The summed E-state index contributed by atoms with van der Waals surface area (Å²) in [6.45, 7) is 7.94. The molecule has 0 saturated carbocycles. The second-order valence-electron chi connectivity index (χ2n) is 4.93. The van der Waals surface area contributed by atoms with Crippen LogP contribution in [0.5, 0.6) is 0 Å². The first kappa shape index (κ1) is 14.7. The Labute approximate surface area is 114 Å². The van der Waals surface area contributed by atoms with Crippen molar-refractivity contribution in [3.8, 4) is 0 Å². The van der Waals surface area contributed by atoms with E-state index in [1.165, 1.54) is 22.9 Å². The molecule has 0 saturated heterocycles. The molecule has 0 spiro atoms. The van der Waals surface area contributed by atoms with Crippen molar-refractivity contribution in [3.05, 3.63) is 34.3 Å². The largest absolute Gasteiger partial charge is 0.314 e. The van der Waals surface area contributed by atoms with Gasteiger partial charge in [0.1, 0.15) is 0 Å². The third-order valence-electron chi connectivity index (χ3n) is 3.14. The molecule has 96 valence electrons. The maximum absolute atomic E-state index is 3.64. The Bertz CT molecular complexity index is 322. The topological polar surface area (TPSA) is 12.0 Å². The van der Waals surface area contributed by atoms with Gasteiger partial charge in [0.15, 0.2) is 0 Å². The van der Waals surface area contributed by atoms with Crippen LogP contribution in [-0.4, -0.2) is 12.6 Å². The summed E-state index contributed by atoms with van der Waals surface area (Å²) in [5, 5.41) is 3.64. The van der Waals surface area contributed by atoms with Crippen LogP contribution in [0.1, 0.15) is 39.2 Å². The predicted octanol–water partition coefficient (Wildman–Crippen LogP) is 4.41. The van der Waals surface area contributed by atoms with E-state index < -0.39 is 0 Å². The van der Waals surface area contributed by atoms with Crippen LogP contribution in [0.25, 0.3) is 0 Å². The lowest BCUT2D eigenvalue weighted by molar-refractivity contribution is 0.378. The van der Waals surface area contributed by atoms with E-state index in [1.807, 2.05) is 0 Å². The Kier molecular flexibility index (Phi) is 6.83. The number of rotatable bonds is 7. The number of hydrogen-bond donors (Lipinski definition) is 1. The first-order valence-electron chi connectivity index (χ1n) is 6.62. The lowest BCUT2D eigenvalue weighted by Crippen LogP contribution is -2.34. The highest BCUT2D eigenvalue weighted by atomic mass is 79.9. The van der Waals surface area contributed by atoms with Crippen molar-refractivity contribution >= 4 is 15.9 Å². The molecular weight excluding hydrogens is 274 g/mol. The van der Waals surface area contributed by atoms with Crippen molar-refractivity contribution in [3.63, 3.8) is 0 Å². The zero-order chi connectivity index (χ0) is 12.7. The zero-order valence-corrected chi connectivity index (χ0v) is 12.8. The molecule has 1 N–H and O–H groups in total. The van der Waals surface area contributed by atoms with Crippen molar-refractivity contribution < 1.29 is 0 Å². The van der Waals surface area contributed by atoms with Crippen LogP contribution in [-0.2, 0) is 6.42 Å². The van der Waals surface area contributed by atoms with Crippen molar-refractivity contribution in [2.45, 2.75) is 46.1 Å². The average Bonchev–Trinajstić information content (AvgIpc) is 2.31. The molecule has 1 atom stereocenters. The van der Waals surface area contributed by atoms with Crippen LogP contribution in [0, 0.1) is 5.92 Å². The van der Waals surface area contributed by atoms with Crippen molar-refractivity contribution in [2.24, 2.45) is 5.92 Å². The maximum Gasteiger partial charge on any atom is 0.0207 e. The molecule has 0 bridgehead atoms. The summed E-state index contributed by atoms with van der Waals surface area (Å²) in [5.74, 6) is 0.698. The van der Waals surface area contributed by atoms with Gasteiger partial charge in [-0.25, -0.2) is 0 Å². The third-order valence-corrected chi connectivity index (χ3v) is 3.92. The van der Waals surface area contributed by atoms with Crippen LogP contribution in [0.4, 0.5) is 0 Å². The molecule has 0 aromatic heterocycles. The highest BCUT2D eigenvalue weighted by Gasteiger charge is 2.12. The van der Waals surface area contributed by atoms with E-state index in [9.17, 15) is 0 Å². The Hall–Kier alpha value is -0.340. The fourth-order valence-electron chi connectivity index (χ4n) is 2.01. The van der Waals surface area contributed by atoms with E-state index in [2.05, 4.69) is 66.3 Å². The second-order valence-corrected chi connectivity index (χ2v) is 5.79. The Morgan fingerprint density at radius 3 is 2.53 bits per heavy atom. The second kappa shape index (κ2) is 7.88. The molecule has 0 aliphatic heterocycles. The Morgan fingerprint density at radius 1 is 1.24 bits per heavy atom. The molecule has 17 heavy (non-hydrogen) atoms. The maximum atomic E-state index is 3.64. The minimum absolute atomic E-state index is 0.627. The smallest absolute Gasteiger partial charge is 0.0207 e. The van der Waals surface area contributed by atoms with Gasteiger partial charge in [-0.2, -0.15) is 0 Å². The van der Waals surface area contributed by atoms with Crippen LogP contribution < -0.4 is 5.32 Å². The average molecular weight is 298 g/mol. The summed E-state index contributed by atoms with van der Waals surface area (Å²) in [7, 11) is 0. The number of benzene rings is 1. The van der Waals surface area contributed by atoms with E-state index in [-0.39, 0.29) is 0 Å². The first-order valence-corrected chi connectivity index (χ1v) is 7.41. The van der Waals surface area contributed by atoms with Gasteiger partial charge in [0.05, 0.1) is 0 Å². The highest BCUT2D eigenvalue weighted by Crippen LogP contribution is 2.19. The number of aryl methyl sites for hydroxylation is 1. The molecule has 1 nitrogen and oxygen atoms in total. The molecule has 2 heteroatoms. The zero-order valence-electron chi connectivity index (χ0n) is 11.2. The van der Waals surface area contributed by atoms with Gasteiger partial charge in [-0.15, -0.1) is 0 Å². The fraction of sp³-hybridized carbons (Fsp3) is 0.600. The van der Waals surface area contributed by atoms with Gasteiger partial charge < -0.3 is 5.32 Å². The fourth-order valence-corrected chi connectivity index (χ4v) is 2.50. The SMILES string of the molecule is CCCNC(CCc1ccccc1Br)C(C)C. The molecule has 1 aromatic rings. The Balaban J connectivity index is 2.49. The Morgan fingerprint density at radius 2 is 1.94 bits per heavy atom. The molecule has 0 amide bonds. The van der Waals surface area contributed by atoms with E-state index in [1.54, 1.807) is 0 Å². The molecule has 0 radical (unpaired) electrons. The molecule has 1 rings (SSSR count). The minimum atomic E-state index is 0.627. The quantitative estimate of drug-likeness (QED) is 0.786. The number of hydrogen-bond acceptors (Lipinski definition) is 1. The van der Waals surface area contributed by atoms with Gasteiger partial charge >= 0.3 is 0 Å². The minimum Gasteiger partial charge on any atom is -0.314 e. The van der Waals surface area contributed by atoms with Crippen LogP contribution >= 0.6 is 15.9 Å². The number of halogens is 1. The lowest BCUT2D eigenvalue weighted by atomic mass is 9.96. The normalized spacial score (nSPS) is 13.0. The summed E-state index contributed by atoms with van der Waals surface area (Å²) in [5.41, 5.74) is 1.41. The van der Waals surface area contributed by atoms with E-state index in [4.69, 9.17) is 0 Å². The standard InChI is InChI=1S/C15H24BrN/c1-4-11-17-15(12(2)3)10-9-13-7-5-6-8-14(13)16/h5-8,12,15,17H,4,9-11H2,1-3H3. The van der Waals surface area contributed by atoms with Crippen molar-refractivity contribution in [2.75, 3.05) is 6.54 Å². The molecule has 0 aliphatic carbocycles. The summed E-state index contributed by atoms with van der Waals surface area (Å²) < 4.78 is 1.23. The highest BCUT2D eigenvalue weighted by molar-refractivity contribution is 9.10.